The third-order valence-corrected chi connectivity index (χ3v) is 5.93. The molecule has 1 aliphatic rings. The number of carbonyl (C=O) groups excluding carboxylic acids is 1. The first-order valence-electron chi connectivity index (χ1n) is 8.28. The van der Waals surface area contributed by atoms with Crippen LogP contribution in [0.25, 0.3) is 0 Å². The summed E-state index contributed by atoms with van der Waals surface area (Å²) in [6, 6.07) is 12.1. The van der Waals surface area contributed by atoms with Crippen LogP contribution in [0.2, 0.25) is 5.02 Å². The van der Waals surface area contributed by atoms with Gasteiger partial charge in [-0.3, -0.25) is 9.52 Å². The van der Waals surface area contributed by atoms with Gasteiger partial charge in [-0.2, -0.15) is 0 Å². The summed E-state index contributed by atoms with van der Waals surface area (Å²) in [4.78, 5) is 12.4. The van der Waals surface area contributed by atoms with Crippen LogP contribution in [0.1, 0.15) is 23.2 Å². The highest BCUT2D eigenvalue weighted by Gasteiger charge is 2.31. The molecule has 1 amide bonds. The molecule has 1 aliphatic carbocycles. The van der Waals surface area contributed by atoms with E-state index >= 15 is 0 Å². The summed E-state index contributed by atoms with van der Waals surface area (Å²) in [6.07, 6.45) is 2.16. The van der Waals surface area contributed by atoms with Crippen molar-refractivity contribution in [1.29, 1.82) is 0 Å². The molecule has 0 heterocycles. The maximum atomic E-state index is 12.4. The Morgan fingerprint density at radius 3 is 2.22 bits per heavy atom. The minimum Gasteiger partial charge on any atom is -0.348 e. The van der Waals surface area contributed by atoms with Crippen LogP contribution in [0, 0.1) is 5.92 Å². The van der Waals surface area contributed by atoms with E-state index in [0.29, 0.717) is 28.7 Å². The Morgan fingerprint density at radius 1 is 1.11 bits per heavy atom. The fourth-order valence-electron chi connectivity index (χ4n) is 2.64. The normalized spacial score (nSPS) is 14.7. The van der Waals surface area contributed by atoms with Crippen LogP contribution >= 0.6 is 24.0 Å². The van der Waals surface area contributed by atoms with Crippen molar-refractivity contribution in [3.8, 4) is 0 Å². The summed E-state index contributed by atoms with van der Waals surface area (Å²) >= 11 is 5.79. The lowest BCUT2D eigenvalue weighted by atomic mass is 10.1. The topological polar surface area (TPSA) is 101 Å². The molecule has 3 rings (SSSR count). The molecule has 1 unspecified atom stereocenters. The van der Waals surface area contributed by atoms with E-state index in [0.717, 1.165) is 12.8 Å². The molecular formula is C18H21Cl2N3O3S. The summed E-state index contributed by atoms with van der Waals surface area (Å²) in [5, 5.41) is 3.43. The van der Waals surface area contributed by atoms with Crippen LogP contribution < -0.4 is 15.8 Å². The van der Waals surface area contributed by atoms with Gasteiger partial charge in [-0.1, -0.05) is 11.6 Å². The number of carbonyl (C=O) groups is 1. The van der Waals surface area contributed by atoms with Crippen LogP contribution in [0.15, 0.2) is 53.4 Å². The molecule has 27 heavy (non-hydrogen) atoms. The third kappa shape index (κ3) is 5.59. The number of anilines is 1. The van der Waals surface area contributed by atoms with E-state index in [1.807, 2.05) is 0 Å². The van der Waals surface area contributed by atoms with Crippen molar-refractivity contribution in [3.05, 3.63) is 59.1 Å². The summed E-state index contributed by atoms with van der Waals surface area (Å²) in [7, 11) is -3.74. The second kappa shape index (κ2) is 8.93. The summed E-state index contributed by atoms with van der Waals surface area (Å²) in [6.45, 7) is 0.397. The fourth-order valence-corrected chi connectivity index (χ4v) is 3.82. The summed E-state index contributed by atoms with van der Waals surface area (Å²) in [5.41, 5.74) is 6.50. The SMILES string of the molecule is Cl.NCC(NC(=O)c1ccc(S(=O)(=O)Nc2ccc(Cl)cc2)cc1)C1CC1. The van der Waals surface area contributed by atoms with Crippen molar-refractivity contribution >= 4 is 45.6 Å². The average Bonchev–Trinajstić information content (AvgIpc) is 3.46. The Morgan fingerprint density at radius 2 is 1.70 bits per heavy atom. The molecule has 0 bridgehead atoms. The first-order chi connectivity index (χ1) is 12.4. The summed E-state index contributed by atoms with van der Waals surface area (Å²) < 4.78 is 27.3. The minimum absolute atomic E-state index is 0. The van der Waals surface area contributed by atoms with E-state index in [9.17, 15) is 13.2 Å². The smallest absolute Gasteiger partial charge is 0.261 e. The predicted octanol–water partition coefficient (Wildman–Crippen LogP) is 3.03. The number of amides is 1. The van der Waals surface area contributed by atoms with Crippen molar-refractivity contribution in [2.75, 3.05) is 11.3 Å². The Balaban J connectivity index is 0.00000261. The number of sulfonamides is 1. The third-order valence-electron chi connectivity index (χ3n) is 4.28. The quantitative estimate of drug-likeness (QED) is 0.629. The Labute approximate surface area is 169 Å². The molecule has 0 saturated heterocycles. The van der Waals surface area contributed by atoms with E-state index in [1.54, 1.807) is 24.3 Å². The first kappa shape index (κ1) is 21.5. The van der Waals surface area contributed by atoms with Gasteiger partial charge in [0.15, 0.2) is 0 Å². The van der Waals surface area contributed by atoms with Crippen LogP contribution in [-0.2, 0) is 10.0 Å². The molecule has 0 aromatic heterocycles. The first-order valence-corrected chi connectivity index (χ1v) is 10.1. The molecule has 2 aromatic rings. The van der Waals surface area contributed by atoms with Gasteiger partial charge in [-0.05, 0) is 67.3 Å². The highest BCUT2D eigenvalue weighted by Crippen LogP contribution is 2.32. The van der Waals surface area contributed by atoms with E-state index in [2.05, 4.69) is 10.0 Å². The average molecular weight is 430 g/mol. The van der Waals surface area contributed by atoms with Crippen LogP contribution in [0.5, 0.6) is 0 Å². The number of halogens is 2. The van der Waals surface area contributed by atoms with Gasteiger partial charge in [0, 0.05) is 28.9 Å². The number of hydrogen-bond donors (Lipinski definition) is 3. The highest BCUT2D eigenvalue weighted by atomic mass is 35.5. The van der Waals surface area contributed by atoms with Gasteiger partial charge in [0.05, 0.1) is 4.90 Å². The van der Waals surface area contributed by atoms with Crippen LogP contribution in [0.4, 0.5) is 5.69 Å². The second-order valence-electron chi connectivity index (χ2n) is 6.29. The van der Waals surface area contributed by atoms with Crippen molar-refractivity contribution in [1.82, 2.24) is 5.32 Å². The maximum Gasteiger partial charge on any atom is 0.261 e. The van der Waals surface area contributed by atoms with Crippen molar-refractivity contribution in [2.24, 2.45) is 11.7 Å². The van der Waals surface area contributed by atoms with Gasteiger partial charge < -0.3 is 11.1 Å². The van der Waals surface area contributed by atoms with E-state index in [1.165, 1.54) is 24.3 Å². The molecule has 9 heteroatoms. The Hall–Kier alpha value is -1.80. The molecule has 1 fully saturated rings. The van der Waals surface area contributed by atoms with Gasteiger partial charge in [0.1, 0.15) is 0 Å². The van der Waals surface area contributed by atoms with Crippen molar-refractivity contribution in [2.45, 2.75) is 23.8 Å². The van der Waals surface area contributed by atoms with Crippen molar-refractivity contribution < 1.29 is 13.2 Å². The molecule has 1 atom stereocenters. The maximum absolute atomic E-state index is 12.4. The zero-order valence-corrected chi connectivity index (χ0v) is 16.8. The number of benzene rings is 2. The molecule has 6 nitrogen and oxygen atoms in total. The van der Waals surface area contributed by atoms with Gasteiger partial charge >= 0.3 is 0 Å². The number of hydrogen-bond acceptors (Lipinski definition) is 4. The van der Waals surface area contributed by atoms with E-state index in [4.69, 9.17) is 17.3 Å². The molecular weight excluding hydrogens is 409 g/mol. The second-order valence-corrected chi connectivity index (χ2v) is 8.41. The van der Waals surface area contributed by atoms with E-state index in [-0.39, 0.29) is 29.3 Å². The predicted molar refractivity (Wildman–Crippen MR) is 109 cm³/mol. The number of nitrogens with one attached hydrogen (secondary N) is 2. The molecule has 146 valence electrons. The van der Waals surface area contributed by atoms with Gasteiger partial charge in [-0.25, -0.2) is 8.42 Å². The molecule has 0 aliphatic heterocycles. The highest BCUT2D eigenvalue weighted by molar-refractivity contribution is 7.92. The van der Waals surface area contributed by atoms with Crippen LogP contribution in [0.3, 0.4) is 0 Å². The lowest BCUT2D eigenvalue weighted by Gasteiger charge is -2.16. The largest absolute Gasteiger partial charge is 0.348 e. The molecule has 0 radical (unpaired) electrons. The standard InChI is InChI=1S/C18H20ClN3O3S.ClH/c19-14-5-7-15(8-6-14)22-26(24,25)16-9-3-13(4-10-16)18(23)21-17(11-20)12-1-2-12;/h3-10,12,17,22H,1-2,11,20H2,(H,21,23);1H. The van der Waals surface area contributed by atoms with Gasteiger partial charge in [-0.15, -0.1) is 12.4 Å². The summed E-state index contributed by atoms with van der Waals surface area (Å²) in [5.74, 6) is 0.203. The molecule has 0 spiro atoms. The van der Waals surface area contributed by atoms with Crippen LogP contribution in [-0.4, -0.2) is 26.9 Å². The molecule has 4 N–H and O–H groups in total. The zero-order chi connectivity index (χ0) is 18.7. The number of rotatable bonds is 7. The Bertz CT molecular complexity index is 883. The van der Waals surface area contributed by atoms with E-state index < -0.39 is 10.0 Å². The zero-order valence-electron chi connectivity index (χ0n) is 14.4. The minimum atomic E-state index is -3.74. The molecule has 1 saturated carbocycles. The van der Waals surface area contributed by atoms with Gasteiger partial charge in [0.25, 0.3) is 15.9 Å². The van der Waals surface area contributed by atoms with Crippen molar-refractivity contribution in [3.63, 3.8) is 0 Å². The lowest BCUT2D eigenvalue weighted by molar-refractivity contribution is 0.0933. The monoisotopic (exact) mass is 429 g/mol. The number of nitrogens with two attached hydrogens (primary N) is 1. The molecule has 2 aromatic carbocycles. The fraction of sp³-hybridized carbons (Fsp3) is 0.278. The van der Waals surface area contributed by atoms with Gasteiger partial charge in [0.2, 0.25) is 0 Å². The lowest BCUT2D eigenvalue weighted by Crippen LogP contribution is -2.41. The Kier molecular flexibility index (Phi) is 7.11.